The molecule has 2 saturated heterocycles. The SMILES string of the molecule is O=C(Cc1coc(-c2cccs2)n1)N1C[C@H]2CNC[C@H]2C1. The zero-order chi connectivity index (χ0) is 14.2. The minimum atomic E-state index is 0.162. The van der Waals surface area contributed by atoms with Gasteiger partial charge in [-0.3, -0.25) is 4.79 Å². The topological polar surface area (TPSA) is 58.4 Å². The second-order valence-electron chi connectivity index (χ2n) is 5.78. The molecule has 0 unspecified atom stereocenters. The Labute approximate surface area is 127 Å². The van der Waals surface area contributed by atoms with Crippen molar-refractivity contribution in [2.24, 2.45) is 11.8 Å². The van der Waals surface area contributed by atoms with E-state index in [1.807, 2.05) is 22.4 Å². The summed E-state index contributed by atoms with van der Waals surface area (Å²) in [6, 6.07) is 3.93. The molecule has 6 heteroatoms. The summed E-state index contributed by atoms with van der Waals surface area (Å²) in [5.74, 6) is 2.03. The lowest BCUT2D eigenvalue weighted by Crippen LogP contribution is -2.33. The Hall–Kier alpha value is -1.66. The molecule has 5 nitrogen and oxygen atoms in total. The fourth-order valence-electron chi connectivity index (χ4n) is 3.23. The van der Waals surface area contributed by atoms with E-state index >= 15 is 0 Å². The first-order valence-corrected chi connectivity index (χ1v) is 8.14. The number of oxazole rings is 1. The molecule has 21 heavy (non-hydrogen) atoms. The van der Waals surface area contributed by atoms with Crippen LogP contribution in [-0.4, -0.2) is 42.0 Å². The van der Waals surface area contributed by atoms with Gasteiger partial charge in [0.25, 0.3) is 0 Å². The molecule has 0 bridgehead atoms. The van der Waals surface area contributed by atoms with Crippen LogP contribution in [-0.2, 0) is 11.2 Å². The Morgan fingerprint density at radius 2 is 2.24 bits per heavy atom. The summed E-state index contributed by atoms with van der Waals surface area (Å²) in [7, 11) is 0. The average Bonchev–Trinajstić information content (AvgIpc) is 3.22. The quantitative estimate of drug-likeness (QED) is 0.936. The van der Waals surface area contributed by atoms with Gasteiger partial charge in [-0.1, -0.05) is 6.07 Å². The van der Waals surface area contributed by atoms with Crippen LogP contribution < -0.4 is 5.32 Å². The largest absolute Gasteiger partial charge is 0.444 e. The van der Waals surface area contributed by atoms with E-state index in [-0.39, 0.29) is 5.91 Å². The molecule has 0 saturated carbocycles. The van der Waals surface area contributed by atoms with E-state index < -0.39 is 0 Å². The Morgan fingerprint density at radius 3 is 2.95 bits per heavy atom. The number of likely N-dealkylation sites (tertiary alicyclic amines) is 1. The first-order valence-electron chi connectivity index (χ1n) is 7.26. The number of hydrogen-bond donors (Lipinski definition) is 1. The molecule has 0 aliphatic carbocycles. The van der Waals surface area contributed by atoms with E-state index in [9.17, 15) is 4.79 Å². The Balaban J connectivity index is 1.41. The van der Waals surface area contributed by atoms with E-state index in [4.69, 9.17) is 4.42 Å². The maximum absolute atomic E-state index is 12.4. The molecule has 0 radical (unpaired) electrons. The van der Waals surface area contributed by atoms with E-state index in [1.54, 1.807) is 17.6 Å². The van der Waals surface area contributed by atoms with Crippen LogP contribution in [0.2, 0.25) is 0 Å². The van der Waals surface area contributed by atoms with Crippen LogP contribution in [0.5, 0.6) is 0 Å². The fraction of sp³-hybridized carbons (Fsp3) is 0.467. The average molecular weight is 303 g/mol. The second kappa shape index (κ2) is 5.27. The Kier molecular flexibility index (Phi) is 3.27. The predicted octanol–water partition coefficient (Wildman–Crippen LogP) is 1.62. The van der Waals surface area contributed by atoms with Gasteiger partial charge < -0.3 is 14.6 Å². The zero-order valence-electron chi connectivity index (χ0n) is 11.6. The summed E-state index contributed by atoms with van der Waals surface area (Å²) < 4.78 is 5.47. The molecular formula is C15H17N3O2S. The highest BCUT2D eigenvalue weighted by Gasteiger charge is 2.37. The lowest BCUT2D eigenvalue weighted by Gasteiger charge is -2.16. The van der Waals surface area contributed by atoms with Crippen molar-refractivity contribution in [1.82, 2.24) is 15.2 Å². The second-order valence-corrected chi connectivity index (χ2v) is 6.72. The number of nitrogens with one attached hydrogen (secondary N) is 1. The van der Waals surface area contributed by atoms with E-state index in [1.165, 1.54) is 0 Å². The standard InChI is InChI=1S/C15H17N3O2S/c19-14(18-7-10-5-16-6-11(10)8-18)4-12-9-20-15(17-12)13-2-1-3-21-13/h1-3,9-11,16H,4-8H2/t10-,11+. The van der Waals surface area contributed by atoms with Gasteiger partial charge in [0.2, 0.25) is 11.8 Å². The number of amides is 1. The Morgan fingerprint density at radius 1 is 1.43 bits per heavy atom. The molecule has 2 aliphatic rings. The third kappa shape index (κ3) is 2.49. The maximum atomic E-state index is 12.4. The first-order chi connectivity index (χ1) is 10.3. The van der Waals surface area contributed by atoms with Crippen molar-refractivity contribution in [2.75, 3.05) is 26.2 Å². The molecule has 2 aromatic rings. The summed E-state index contributed by atoms with van der Waals surface area (Å²) in [5, 5.41) is 5.38. The minimum absolute atomic E-state index is 0.162. The summed E-state index contributed by atoms with van der Waals surface area (Å²) in [6.07, 6.45) is 1.94. The number of carbonyl (C=O) groups is 1. The van der Waals surface area contributed by atoms with Gasteiger partial charge in [-0.2, -0.15) is 0 Å². The van der Waals surface area contributed by atoms with Crippen LogP contribution in [0.25, 0.3) is 10.8 Å². The predicted molar refractivity (Wildman–Crippen MR) is 79.9 cm³/mol. The number of thiophene rings is 1. The van der Waals surface area contributed by atoms with Gasteiger partial charge >= 0.3 is 0 Å². The monoisotopic (exact) mass is 303 g/mol. The van der Waals surface area contributed by atoms with Gasteiger partial charge in [0.05, 0.1) is 17.0 Å². The summed E-state index contributed by atoms with van der Waals surface area (Å²) >= 11 is 1.59. The molecule has 110 valence electrons. The van der Waals surface area contributed by atoms with E-state index in [2.05, 4.69) is 10.3 Å². The van der Waals surface area contributed by atoms with Crippen molar-refractivity contribution in [3.8, 4) is 10.8 Å². The summed E-state index contributed by atoms with van der Waals surface area (Å²) in [5.41, 5.74) is 0.721. The number of hydrogen-bond acceptors (Lipinski definition) is 5. The van der Waals surface area contributed by atoms with Crippen molar-refractivity contribution in [1.29, 1.82) is 0 Å². The normalized spacial score (nSPS) is 24.5. The van der Waals surface area contributed by atoms with Crippen molar-refractivity contribution in [3.63, 3.8) is 0 Å². The molecule has 2 aliphatic heterocycles. The van der Waals surface area contributed by atoms with Crippen LogP contribution in [0.4, 0.5) is 0 Å². The van der Waals surface area contributed by atoms with Crippen LogP contribution in [0, 0.1) is 11.8 Å². The zero-order valence-corrected chi connectivity index (χ0v) is 12.4. The molecule has 1 amide bonds. The number of aromatic nitrogens is 1. The van der Waals surface area contributed by atoms with Gasteiger partial charge in [0.15, 0.2) is 0 Å². The number of rotatable bonds is 3. The molecule has 1 N–H and O–H groups in total. The van der Waals surface area contributed by atoms with Crippen LogP contribution in [0.1, 0.15) is 5.69 Å². The van der Waals surface area contributed by atoms with Gasteiger partial charge in [0, 0.05) is 26.2 Å². The molecular weight excluding hydrogens is 286 g/mol. The molecule has 0 aromatic carbocycles. The van der Waals surface area contributed by atoms with Gasteiger partial charge in [-0.25, -0.2) is 4.98 Å². The highest BCUT2D eigenvalue weighted by molar-refractivity contribution is 7.13. The van der Waals surface area contributed by atoms with Crippen molar-refractivity contribution < 1.29 is 9.21 Å². The van der Waals surface area contributed by atoms with Gasteiger partial charge in [-0.05, 0) is 23.3 Å². The van der Waals surface area contributed by atoms with Gasteiger partial charge in [0.1, 0.15) is 6.26 Å². The van der Waals surface area contributed by atoms with Crippen LogP contribution in [0.3, 0.4) is 0 Å². The molecule has 0 spiro atoms. The third-order valence-corrected chi connectivity index (χ3v) is 5.22. The number of fused-ring (bicyclic) bond motifs is 1. The smallest absolute Gasteiger partial charge is 0.236 e. The van der Waals surface area contributed by atoms with Crippen LogP contribution >= 0.6 is 11.3 Å². The maximum Gasteiger partial charge on any atom is 0.236 e. The number of carbonyl (C=O) groups excluding carboxylic acids is 1. The van der Waals surface area contributed by atoms with Crippen molar-refractivity contribution >= 4 is 17.2 Å². The highest BCUT2D eigenvalue weighted by atomic mass is 32.1. The van der Waals surface area contributed by atoms with E-state index in [0.717, 1.165) is 36.8 Å². The highest BCUT2D eigenvalue weighted by Crippen LogP contribution is 2.27. The van der Waals surface area contributed by atoms with Gasteiger partial charge in [-0.15, -0.1) is 11.3 Å². The Bertz CT molecular complexity index is 625. The lowest BCUT2D eigenvalue weighted by atomic mass is 10.0. The molecule has 2 aromatic heterocycles. The molecule has 2 atom stereocenters. The third-order valence-electron chi connectivity index (χ3n) is 4.36. The van der Waals surface area contributed by atoms with Crippen molar-refractivity contribution in [3.05, 3.63) is 29.5 Å². The molecule has 2 fully saturated rings. The lowest BCUT2D eigenvalue weighted by molar-refractivity contribution is -0.129. The molecule has 4 heterocycles. The minimum Gasteiger partial charge on any atom is -0.444 e. The van der Waals surface area contributed by atoms with Crippen LogP contribution in [0.15, 0.2) is 28.2 Å². The van der Waals surface area contributed by atoms with E-state index in [0.29, 0.717) is 24.1 Å². The summed E-state index contributed by atoms with van der Waals surface area (Å²) in [4.78, 5) is 19.8. The molecule has 4 rings (SSSR count). The fourth-order valence-corrected chi connectivity index (χ4v) is 3.88. The summed E-state index contributed by atoms with van der Waals surface area (Å²) in [6.45, 7) is 3.85. The first kappa shape index (κ1) is 13.0. The number of nitrogens with zero attached hydrogens (tertiary/aromatic N) is 2. The van der Waals surface area contributed by atoms with Crippen molar-refractivity contribution in [2.45, 2.75) is 6.42 Å².